The summed E-state index contributed by atoms with van der Waals surface area (Å²) in [7, 11) is 0. The molecule has 1 aliphatic rings. The molecule has 5 rings (SSSR count). The summed E-state index contributed by atoms with van der Waals surface area (Å²) < 4.78 is 7.39. The van der Waals surface area contributed by atoms with E-state index in [1.807, 2.05) is 49.7 Å². The zero-order valence-corrected chi connectivity index (χ0v) is 25.5. The molecule has 11 nitrogen and oxygen atoms in total. The number of pyridine rings is 1. The van der Waals surface area contributed by atoms with Gasteiger partial charge in [-0.15, -0.1) is 0 Å². The lowest BCUT2D eigenvalue weighted by molar-refractivity contribution is 0.0288. The summed E-state index contributed by atoms with van der Waals surface area (Å²) in [5.41, 5.74) is 9.37. The topological polar surface area (TPSA) is 141 Å². The molecule has 3 N–H and O–H groups in total. The van der Waals surface area contributed by atoms with Crippen molar-refractivity contribution in [3.63, 3.8) is 0 Å². The summed E-state index contributed by atoms with van der Waals surface area (Å²) in [5.74, 6) is 1.26. The van der Waals surface area contributed by atoms with Gasteiger partial charge in [0.1, 0.15) is 29.3 Å². The minimum atomic E-state index is -0.570. The van der Waals surface area contributed by atoms with E-state index in [2.05, 4.69) is 34.1 Å². The van der Waals surface area contributed by atoms with Crippen molar-refractivity contribution < 1.29 is 14.3 Å². The second-order valence-corrected chi connectivity index (χ2v) is 12.5. The fourth-order valence-corrected chi connectivity index (χ4v) is 5.27. The number of aromatic nitrogens is 5. The number of ether oxygens (including phenoxy) is 1. The first-order chi connectivity index (χ1) is 20.5. The molecule has 0 radical (unpaired) electrons. The van der Waals surface area contributed by atoms with E-state index in [4.69, 9.17) is 15.6 Å². The minimum absolute atomic E-state index is 0.100. The Morgan fingerprint density at radius 2 is 1.88 bits per heavy atom. The van der Waals surface area contributed by atoms with Gasteiger partial charge in [-0.25, -0.2) is 24.4 Å². The average Bonchev–Trinajstić information content (AvgIpc) is 3.59. The Morgan fingerprint density at radius 3 is 2.60 bits per heavy atom. The van der Waals surface area contributed by atoms with Crippen LogP contribution in [0.15, 0.2) is 48.9 Å². The highest BCUT2D eigenvalue weighted by Crippen LogP contribution is 2.34. The molecule has 2 amide bonds. The van der Waals surface area contributed by atoms with Crippen LogP contribution in [0, 0.1) is 5.92 Å². The second-order valence-electron chi connectivity index (χ2n) is 12.5. The first-order valence-corrected chi connectivity index (χ1v) is 14.8. The van der Waals surface area contributed by atoms with Crippen molar-refractivity contribution in [1.29, 1.82) is 0 Å². The number of rotatable bonds is 8. The number of anilines is 2. The first kappa shape index (κ1) is 29.9. The molecule has 11 heteroatoms. The van der Waals surface area contributed by atoms with Crippen LogP contribution in [0.2, 0.25) is 0 Å². The fraction of sp³-hybridized carbons (Fsp3) is 0.438. The lowest BCUT2D eigenvalue weighted by Crippen LogP contribution is -2.35. The average molecular weight is 585 g/mol. The van der Waals surface area contributed by atoms with Gasteiger partial charge in [0.2, 0.25) is 0 Å². The Labute approximate surface area is 251 Å². The maximum Gasteiger partial charge on any atom is 0.410 e. The number of nitrogens with two attached hydrogens (primary N) is 1. The standard InChI is InChI=1S/C32H40N8O3/c1-20(2)7-6-8-21-13-15-34-25(17-21)37-30(41)23-11-9-22(10-12-23)27-26-28(33)35-19-36-29(26)40(38-27)24-14-16-39(18-24)31(42)43-32(3,4)5/h9-13,15,17,19-20,24H,6-8,14,16,18H2,1-5H3,(H2,33,35,36)(H,34,37,41). The highest BCUT2D eigenvalue weighted by atomic mass is 16.6. The van der Waals surface area contributed by atoms with Gasteiger partial charge >= 0.3 is 6.09 Å². The van der Waals surface area contributed by atoms with Gasteiger partial charge in [-0.05, 0) is 75.8 Å². The van der Waals surface area contributed by atoms with Gasteiger partial charge in [0.05, 0.1) is 11.4 Å². The number of nitrogens with one attached hydrogen (secondary N) is 1. The number of carbonyl (C=O) groups is 2. The van der Waals surface area contributed by atoms with Crippen LogP contribution in [0.1, 0.15) is 75.8 Å². The predicted molar refractivity (Wildman–Crippen MR) is 167 cm³/mol. The molecule has 3 aromatic heterocycles. The van der Waals surface area contributed by atoms with Crippen LogP contribution < -0.4 is 11.1 Å². The lowest BCUT2D eigenvalue weighted by atomic mass is 10.0. The number of aryl methyl sites for hydroxylation is 1. The third-order valence-electron chi connectivity index (χ3n) is 7.41. The zero-order chi connectivity index (χ0) is 30.7. The van der Waals surface area contributed by atoms with E-state index < -0.39 is 5.60 Å². The molecule has 1 saturated heterocycles. The van der Waals surface area contributed by atoms with Crippen LogP contribution in [0.3, 0.4) is 0 Å². The van der Waals surface area contributed by atoms with Crippen LogP contribution >= 0.6 is 0 Å². The normalized spacial score (nSPS) is 15.3. The Bertz CT molecular complexity index is 1610. The SMILES string of the molecule is CC(C)CCCc1ccnc(NC(=O)c2ccc(-c3nn(C4CCN(C(=O)OC(C)(C)C)C4)c4ncnc(N)c34)cc2)c1. The Hall–Kier alpha value is -4.54. The molecule has 4 heterocycles. The molecule has 1 aliphatic heterocycles. The maximum atomic E-state index is 13.0. The van der Waals surface area contributed by atoms with E-state index in [9.17, 15) is 9.59 Å². The van der Waals surface area contributed by atoms with Crippen LogP contribution in [-0.4, -0.2) is 60.3 Å². The Balaban J connectivity index is 1.33. The van der Waals surface area contributed by atoms with Gasteiger partial charge < -0.3 is 20.7 Å². The summed E-state index contributed by atoms with van der Waals surface area (Å²) >= 11 is 0. The molecule has 0 aliphatic carbocycles. The summed E-state index contributed by atoms with van der Waals surface area (Å²) in [6, 6.07) is 11.0. The number of nitrogen functional groups attached to an aromatic ring is 1. The molecule has 1 atom stereocenters. The van der Waals surface area contributed by atoms with E-state index in [0.29, 0.717) is 59.4 Å². The molecule has 1 fully saturated rings. The van der Waals surface area contributed by atoms with Crippen LogP contribution in [-0.2, 0) is 11.2 Å². The van der Waals surface area contributed by atoms with E-state index in [0.717, 1.165) is 30.4 Å². The van der Waals surface area contributed by atoms with Gasteiger partial charge in [-0.2, -0.15) is 5.10 Å². The Kier molecular flexibility index (Phi) is 8.61. The molecule has 0 saturated carbocycles. The van der Waals surface area contributed by atoms with Gasteiger partial charge in [-0.3, -0.25) is 4.79 Å². The van der Waals surface area contributed by atoms with E-state index >= 15 is 0 Å². The molecule has 1 aromatic carbocycles. The summed E-state index contributed by atoms with van der Waals surface area (Å²) in [4.78, 5) is 40.4. The third-order valence-corrected chi connectivity index (χ3v) is 7.41. The maximum absolute atomic E-state index is 13.0. The van der Waals surface area contributed by atoms with Crippen molar-refractivity contribution in [2.24, 2.45) is 5.92 Å². The summed E-state index contributed by atoms with van der Waals surface area (Å²) in [5, 5.41) is 8.45. The summed E-state index contributed by atoms with van der Waals surface area (Å²) in [6.07, 6.45) is 6.71. The van der Waals surface area contributed by atoms with E-state index in [1.165, 1.54) is 6.33 Å². The minimum Gasteiger partial charge on any atom is -0.444 e. The van der Waals surface area contributed by atoms with Crippen molar-refractivity contribution in [3.05, 3.63) is 60.0 Å². The molecule has 1 unspecified atom stereocenters. The molecule has 4 aromatic rings. The highest BCUT2D eigenvalue weighted by Gasteiger charge is 2.33. The van der Waals surface area contributed by atoms with Crippen LogP contribution in [0.4, 0.5) is 16.4 Å². The highest BCUT2D eigenvalue weighted by molar-refractivity contribution is 6.04. The smallest absolute Gasteiger partial charge is 0.410 e. The molecular weight excluding hydrogens is 544 g/mol. The molecular formula is C32H40N8O3. The number of fused-ring (bicyclic) bond motifs is 1. The molecule has 0 spiro atoms. The molecule has 226 valence electrons. The quantitative estimate of drug-likeness (QED) is 0.261. The Morgan fingerprint density at radius 1 is 1.12 bits per heavy atom. The van der Waals surface area contributed by atoms with Gasteiger partial charge in [0.25, 0.3) is 5.91 Å². The monoisotopic (exact) mass is 584 g/mol. The number of amides is 2. The predicted octanol–water partition coefficient (Wildman–Crippen LogP) is 5.88. The van der Waals surface area contributed by atoms with Gasteiger partial charge in [0, 0.05) is 30.4 Å². The zero-order valence-electron chi connectivity index (χ0n) is 25.5. The van der Waals surface area contributed by atoms with Crippen molar-refractivity contribution in [2.45, 2.75) is 71.9 Å². The van der Waals surface area contributed by atoms with Gasteiger partial charge in [0.15, 0.2) is 5.65 Å². The third kappa shape index (κ3) is 7.10. The molecule has 43 heavy (non-hydrogen) atoms. The van der Waals surface area contributed by atoms with E-state index in [1.54, 1.807) is 23.2 Å². The van der Waals surface area contributed by atoms with Crippen molar-refractivity contribution >= 4 is 34.7 Å². The van der Waals surface area contributed by atoms with Crippen LogP contribution in [0.5, 0.6) is 0 Å². The van der Waals surface area contributed by atoms with Crippen molar-refractivity contribution in [1.82, 2.24) is 29.6 Å². The number of benzene rings is 1. The van der Waals surface area contributed by atoms with Crippen LogP contribution in [0.25, 0.3) is 22.3 Å². The number of likely N-dealkylation sites (tertiary alicyclic amines) is 1. The number of hydrogen-bond donors (Lipinski definition) is 2. The lowest BCUT2D eigenvalue weighted by Gasteiger charge is -2.24. The fourth-order valence-electron chi connectivity index (χ4n) is 5.27. The second kappa shape index (κ2) is 12.4. The van der Waals surface area contributed by atoms with E-state index in [-0.39, 0.29) is 18.0 Å². The number of nitrogens with zero attached hydrogens (tertiary/aromatic N) is 6. The molecule has 0 bridgehead atoms. The number of carbonyl (C=O) groups excluding carboxylic acids is 2. The van der Waals surface area contributed by atoms with Crippen molar-refractivity contribution in [3.8, 4) is 11.3 Å². The van der Waals surface area contributed by atoms with Gasteiger partial charge in [-0.1, -0.05) is 32.4 Å². The number of hydrogen-bond acceptors (Lipinski definition) is 8. The largest absolute Gasteiger partial charge is 0.444 e. The van der Waals surface area contributed by atoms with Crippen molar-refractivity contribution in [2.75, 3.05) is 24.1 Å². The summed E-state index contributed by atoms with van der Waals surface area (Å²) in [6.45, 7) is 11.0. The first-order valence-electron chi connectivity index (χ1n) is 14.8.